The van der Waals surface area contributed by atoms with Gasteiger partial charge < -0.3 is 0 Å². The Balaban J connectivity index is 2.42. The first-order chi connectivity index (χ1) is 8.11. The highest BCUT2D eigenvalue weighted by molar-refractivity contribution is 9.10. The van der Waals surface area contributed by atoms with E-state index in [2.05, 4.69) is 64.8 Å². The van der Waals surface area contributed by atoms with Crippen molar-refractivity contribution in [2.75, 3.05) is 0 Å². The van der Waals surface area contributed by atoms with Crippen LogP contribution in [0.3, 0.4) is 0 Å². The van der Waals surface area contributed by atoms with E-state index in [1.165, 1.54) is 21.6 Å². The number of nitrogens with one attached hydrogen (secondary N) is 1. The van der Waals surface area contributed by atoms with Gasteiger partial charge in [0.15, 0.2) is 0 Å². The lowest BCUT2D eigenvalue weighted by atomic mass is 9.98. The second-order valence-electron chi connectivity index (χ2n) is 4.13. The summed E-state index contributed by atoms with van der Waals surface area (Å²) in [7, 11) is 0. The predicted octanol–water partition coefficient (Wildman–Crippen LogP) is 3.68. The average Bonchev–Trinajstić information content (AvgIpc) is 2.69. The Labute approximate surface area is 114 Å². The molecule has 2 nitrogen and oxygen atoms in total. The number of hydrazine groups is 1. The Morgan fingerprint density at radius 2 is 2.06 bits per heavy atom. The van der Waals surface area contributed by atoms with Crippen LogP contribution in [-0.2, 0) is 0 Å². The molecule has 1 unspecified atom stereocenters. The van der Waals surface area contributed by atoms with Gasteiger partial charge in [-0.3, -0.25) is 5.84 Å². The summed E-state index contributed by atoms with van der Waals surface area (Å²) in [4.78, 5) is 1.21. The molecule has 1 aromatic heterocycles. The molecule has 2 aromatic rings. The molecule has 1 atom stereocenters. The molecule has 4 heteroatoms. The van der Waals surface area contributed by atoms with Gasteiger partial charge in [-0.25, -0.2) is 5.43 Å². The summed E-state index contributed by atoms with van der Waals surface area (Å²) < 4.78 is 1.10. The molecule has 0 spiro atoms. The van der Waals surface area contributed by atoms with E-state index in [9.17, 15) is 0 Å². The number of thiophene rings is 1. The van der Waals surface area contributed by atoms with Crippen molar-refractivity contribution in [3.05, 3.63) is 55.7 Å². The van der Waals surface area contributed by atoms with Crippen molar-refractivity contribution in [1.82, 2.24) is 5.43 Å². The molecule has 0 bridgehead atoms. The Kier molecular flexibility index (Phi) is 3.99. The molecule has 1 heterocycles. The summed E-state index contributed by atoms with van der Waals surface area (Å²) in [6.45, 7) is 4.22. The summed E-state index contributed by atoms with van der Waals surface area (Å²) >= 11 is 5.17. The maximum absolute atomic E-state index is 5.69. The number of benzene rings is 1. The van der Waals surface area contributed by atoms with E-state index in [-0.39, 0.29) is 6.04 Å². The van der Waals surface area contributed by atoms with Crippen LogP contribution >= 0.6 is 27.3 Å². The smallest absolute Gasteiger partial charge is 0.0805 e. The summed E-state index contributed by atoms with van der Waals surface area (Å²) in [5, 5.41) is 2.07. The average molecular weight is 311 g/mol. The normalized spacial score (nSPS) is 12.7. The fraction of sp³-hybridized carbons (Fsp3) is 0.231. The Morgan fingerprint density at radius 3 is 2.59 bits per heavy atom. The van der Waals surface area contributed by atoms with E-state index in [0.717, 1.165) is 4.47 Å². The number of hydrogen-bond acceptors (Lipinski definition) is 3. The molecular formula is C13H15BrN2S. The summed E-state index contributed by atoms with van der Waals surface area (Å²) in [5.41, 5.74) is 6.66. The molecule has 17 heavy (non-hydrogen) atoms. The Hall–Kier alpha value is -0.680. The van der Waals surface area contributed by atoms with Crippen molar-refractivity contribution in [3.63, 3.8) is 0 Å². The van der Waals surface area contributed by atoms with Crippen molar-refractivity contribution in [2.24, 2.45) is 5.84 Å². The maximum atomic E-state index is 5.69. The monoisotopic (exact) mass is 310 g/mol. The van der Waals surface area contributed by atoms with Crippen LogP contribution in [0, 0.1) is 13.8 Å². The van der Waals surface area contributed by atoms with Gasteiger partial charge in [0.05, 0.1) is 6.04 Å². The largest absolute Gasteiger partial charge is 0.271 e. The van der Waals surface area contributed by atoms with Crippen LogP contribution in [0.1, 0.15) is 27.6 Å². The Morgan fingerprint density at radius 1 is 1.29 bits per heavy atom. The zero-order chi connectivity index (χ0) is 12.4. The third-order valence-corrected chi connectivity index (χ3v) is 4.53. The first-order valence-electron chi connectivity index (χ1n) is 5.39. The SMILES string of the molecule is Cc1ccc(C(NN)c2cc(Br)cs2)c(C)c1. The summed E-state index contributed by atoms with van der Waals surface area (Å²) in [6, 6.07) is 8.61. The molecule has 0 aliphatic heterocycles. The van der Waals surface area contributed by atoms with Gasteiger partial charge in [0, 0.05) is 14.7 Å². The van der Waals surface area contributed by atoms with Gasteiger partial charge in [-0.05, 0) is 47.0 Å². The van der Waals surface area contributed by atoms with Gasteiger partial charge in [-0.2, -0.15) is 0 Å². The second kappa shape index (κ2) is 5.31. The van der Waals surface area contributed by atoms with Crippen molar-refractivity contribution >= 4 is 27.3 Å². The van der Waals surface area contributed by atoms with Gasteiger partial charge in [-0.1, -0.05) is 23.8 Å². The minimum atomic E-state index is 0.0619. The highest BCUT2D eigenvalue weighted by atomic mass is 79.9. The Bertz CT molecular complexity index is 522. The highest BCUT2D eigenvalue weighted by Gasteiger charge is 2.16. The van der Waals surface area contributed by atoms with Crippen LogP contribution in [0.15, 0.2) is 34.1 Å². The molecule has 0 aliphatic rings. The minimum absolute atomic E-state index is 0.0619. The maximum Gasteiger partial charge on any atom is 0.0805 e. The molecule has 0 amide bonds. The van der Waals surface area contributed by atoms with Gasteiger partial charge in [0.1, 0.15) is 0 Å². The number of halogens is 1. The molecule has 3 N–H and O–H groups in total. The molecule has 90 valence electrons. The molecule has 0 saturated heterocycles. The lowest BCUT2D eigenvalue weighted by molar-refractivity contribution is 0.643. The fourth-order valence-corrected chi connectivity index (χ4v) is 3.48. The van der Waals surface area contributed by atoms with Crippen molar-refractivity contribution in [2.45, 2.75) is 19.9 Å². The third-order valence-electron chi connectivity index (χ3n) is 2.78. The van der Waals surface area contributed by atoms with Gasteiger partial charge in [-0.15, -0.1) is 11.3 Å². The first-order valence-corrected chi connectivity index (χ1v) is 7.06. The fourth-order valence-electron chi connectivity index (χ4n) is 1.95. The predicted molar refractivity (Wildman–Crippen MR) is 77.1 cm³/mol. The number of hydrogen-bond donors (Lipinski definition) is 2. The van der Waals surface area contributed by atoms with Crippen LogP contribution in [-0.4, -0.2) is 0 Å². The van der Waals surface area contributed by atoms with Crippen LogP contribution in [0.25, 0.3) is 0 Å². The van der Waals surface area contributed by atoms with E-state index in [0.29, 0.717) is 0 Å². The van der Waals surface area contributed by atoms with E-state index < -0.39 is 0 Å². The lowest BCUT2D eigenvalue weighted by Crippen LogP contribution is -2.28. The van der Waals surface area contributed by atoms with E-state index in [4.69, 9.17) is 5.84 Å². The summed E-state index contributed by atoms with van der Waals surface area (Å²) in [5.74, 6) is 5.69. The molecule has 1 aromatic carbocycles. The molecule has 0 saturated carbocycles. The van der Waals surface area contributed by atoms with E-state index in [1.807, 2.05) is 0 Å². The zero-order valence-corrected chi connectivity index (χ0v) is 12.2. The van der Waals surface area contributed by atoms with Crippen molar-refractivity contribution < 1.29 is 0 Å². The van der Waals surface area contributed by atoms with Gasteiger partial charge in [0.2, 0.25) is 0 Å². The van der Waals surface area contributed by atoms with E-state index >= 15 is 0 Å². The molecular weight excluding hydrogens is 296 g/mol. The molecule has 0 fully saturated rings. The van der Waals surface area contributed by atoms with Gasteiger partial charge in [0.25, 0.3) is 0 Å². The van der Waals surface area contributed by atoms with Crippen LogP contribution in [0.5, 0.6) is 0 Å². The second-order valence-corrected chi connectivity index (χ2v) is 5.99. The topological polar surface area (TPSA) is 38.0 Å². The van der Waals surface area contributed by atoms with Crippen molar-refractivity contribution in [1.29, 1.82) is 0 Å². The van der Waals surface area contributed by atoms with Crippen LogP contribution in [0.2, 0.25) is 0 Å². The van der Waals surface area contributed by atoms with Crippen LogP contribution < -0.4 is 11.3 Å². The number of aryl methyl sites for hydroxylation is 2. The molecule has 0 radical (unpaired) electrons. The molecule has 2 rings (SSSR count). The lowest BCUT2D eigenvalue weighted by Gasteiger charge is -2.17. The minimum Gasteiger partial charge on any atom is -0.271 e. The van der Waals surface area contributed by atoms with Crippen molar-refractivity contribution in [3.8, 4) is 0 Å². The number of rotatable bonds is 3. The standard InChI is InChI=1S/C13H15BrN2S/c1-8-3-4-11(9(2)5-8)13(16-15)12-6-10(14)7-17-12/h3-7,13,16H,15H2,1-2H3. The highest BCUT2D eigenvalue weighted by Crippen LogP contribution is 2.31. The van der Waals surface area contributed by atoms with Gasteiger partial charge >= 0.3 is 0 Å². The molecule has 0 aliphatic carbocycles. The summed E-state index contributed by atoms with van der Waals surface area (Å²) in [6.07, 6.45) is 0. The third kappa shape index (κ3) is 2.77. The zero-order valence-electron chi connectivity index (χ0n) is 9.83. The first kappa shape index (κ1) is 12.8. The van der Waals surface area contributed by atoms with Crippen LogP contribution in [0.4, 0.5) is 0 Å². The number of nitrogens with two attached hydrogens (primary N) is 1. The quantitative estimate of drug-likeness (QED) is 0.670. The van der Waals surface area contributed by atoms with E-state index in [1.54, 1.807) is 11.3 Å².